The summed E-state index contributed by atoms with van der Waals surface area (Å²) in [4.78, 5) is 6.74. The van der Waals surface area contributed by atoms with Crippen molar-refractivity contribution >= 4 is 11.0 Å². The number of nitrogens with one attached hydrogen (secondary N) is 1. The van der Waals surface area contributed by atoms with Crippen LogP contribution in [0, 0.1) is 0 Å². The van der Waals surface area contributed by atoms with Gasteiger partial charge in [0.2, 0.25) is 0 Å². The van der Waals surface area contributed by atoms with Crippen LogP contribution < -0.4 is 0 Å². The van der Waals surface area contributed by atoms with Gasteiger partial charge in [0.1, 0.15) is 0 Å². The largest absolute Gasteiger partial charge is 0.417 e. The van der Waals surface area contributed by atoms with Gasteiger partial charge < -0.3 is 4.98 Å². The minimum absolute atomic E-state index is 0.239. The van der Waals surface area contributed by atoms with Crippen molar-refractivity contribution in [2.45, 2.75) is 25.9 Å². The van der Waals surface area contributed by atoms with Crippen LogP contribution in [-0.4, -0.2) is 9.97 Å². The van der Waals surface area contributed by atoms with Gasteiger partial charge in [-0.05, 0) is 18.1 Å². The highest BCUT2D eigenvalue weighted by Crippen LogP contribution is 2.30. The highest BCUT2D eigenvalue weighted by Gasteiger charge is 2.31. The van der Waals surface area contributed by atoms with Crippen molar-refractivity contribution < 1.29 is 13.2 Å². The number of hydrogen-bond acceptors (Lipinski definition) is 1. The average Bonchev–Trinajstić information content (AvgIpc) is 2.58. The van der Waals surface area contributed by atoms with E-state index in [0.29, 0.717) is 11.0 Å². The lowest BCUT2D eigenvalue weighted by atomic mass is 10.1. The third-order valence-corrected chi connectivity index (χ3v) is 2.44. The van der Waals surface area contributed by atoms with Gasteiger partial charge in [-0.3, -0.25) is 4.98 Å². The number of halogens is 3. The second-order valence-corrected chi connectivity index (χ2v) is 4.03. The summed E-state index contributed by atoms with van der Waals surface area (Å²) in [7, 11) is 0. The van der Waals surface area contributed by atoms with E-state index in [2.05, 4.69) is 9.97 Å². The van der Waals surface area contributed by atoms with Crippen LogP contribution >= 0.6 is 0 Å². The molecule has 2 nitrogen and oxygen atoms in total. The molecule has 0 aliphatic heterocycles. The Balaban J connectivity index is 2.54. The summed E-state index contributed by atoms with van der Waals surface area (Å²) in [5, 5.41) is 0. The first-order valence-corrected chi connectivity index (χ1v) is 4.94. The molecule has 2 heterocycles. The van der Waals surface area contributed by atoms with Crippen LogP contribution in [0.2, 0.25) is 0 Å². The Morgan fingerprint density at radius 3 is 2.50 bits per heavy atom. The molecule has 0 saturated heterocycles. The summed E-state index contributed by atoms with van der Waals surface area (Å²) in [6, 6.07) is 2.87. The van der Waals surface area contributed by atoms with Crippen molar-refractivity contribution in [1.29, 1.82) is 0 Å². The van der Waals surface area contributed by atoms with E-state index in [1.165, 1.54) is 0 Å². The monoisotopic (exact) mass is 228 g/mol. The first-order valence-electron chi connectivity index (χ1n) is 4.94. The van der Waals surface area contributed by atoms with E-state index >= 15 is 0 Å². The van der Waals surface area contributed by atoms with Crippen molar-refractivity contribution in [2.75, 3.05) is 0 Å². The Hall–Kier alpha value is -1.52. The Labute approximate surface area is 90.5 Å². The zero-order valence-electron chi connectivity index (χ0n) is 8.89. The van der Waals surface area contributed by atoms with Gasteiger partial charge in [0.25, 0.3) is 0 Å². The number of H-pyrrole nitrogens is 1. The molecule has 0 bridgehead atoms. The molecule has 2 rings (SSSR count). The first kappa shape index (κ1) is 11.0. The zero-order valence-corrected chi connectivity index (χ0v) is 8.89. The molecule has 0 unspecified atom stereocenters. The number of alkyl halides is 3. The van der Waals surface area contributed by atoms with Crippen LogP contribution in [0.1, 0.15) is 31.0 Å². The van der Waals surface area contributed by atoms with E-state index in [4.69, 9.17) is 0 Å². The number of nitrogens with zero attached hydrogens (tertiary/aromatic N) is 1. The van der Waals surface area contributed by atoms with Gasteiger partial charge in [0, 0.05) is 11.9 Å². The molecular weight excluding hydrogens is 217 g/mol. The lowest BCUT2D eigenvalue weighted by Crippen LogP contribution is -2.04. The Morgan fingerprint density at radius 2 is 1.94 bits per heavy atom. The van der Waals surface area contributed by atoms with Crippen molar-refractivity contribution in [1.82, 2.24) is 9.97 Å². The summed E-state index contributed by atoms with van der Waals surface area (Å²) < 4.78 is 37.3. The smallest absolute Gasteiger partial charge is 0.357 e. The number of fused-ring (bicyclic) bond motifs is 1. The molecule has 0 aliphatic carbocycles. The molecule has 0 aromatic carbocycles. The maximum atomic E-state index is 12.4. The lowest BCUT2D eigenvalue weighted by Gasteiger charge is -2.04. The molecular formula is C11H11F3N2. The maximum absolute atomic E-state index is 12.4. The van der Waals surface area contributed by atoms with Crippen molar-refractivity contribution in [3.63, 3.8) is 0 Å². The summed E-state index contributed by atoms with van der Waals surface area (Å²) in [6.07, 6.45) is -3.48. The van der Waals surface area contributed by atoms with Crippen LogP contribution in [0.15, 0.2) is 18.3 Å². The fourth-order valence-corrected chi connectivity index (χ4v) is 1.50. The zero-order chi connectivity index (χ0) is 11.9. The van der Waals surface area contributed by atoms with Crippen LogP contribution in [0.5, 0.6) is 0 Å². The van der Waals surface area contributed by atoms with E-state index in [1.54, 1.807) is 6.07 Å². The predicted octanol–water partition coefficient (Wildman–Crippen LogP) is 3.71. The van der Waals surface area contributed by atoms with Gasteiger partial charge in [-0.2, -0.15) is 13.2 Å². The first-order chi connectivity index (χ1) is 7.38. The van der Waals surface area contributed by atoms with Gasteiger partial charge in [-0.1, -0.05) is 13.8 Å². The van der Waals surface area contributed by atoms with Crippen LogP contribution in [0.25, 0.3) is 11.0 Å². The van der Waals surface area contributed by atoms with E-state index in [0.717, 1.165) is 18.0 Å². The molecule has 0 atom stereocenters. The third-order valence-electron chi connectivity index (χ3n) is 2.44. The second-order valence-electron chi connectivity index (χ2n) is 4.03. The van der Waals surface area contributed by atoms with Gasteiger partial charge in [0.05, 0.1) is 16.6 Å². The number of rotatable bonds is 1. The summed E-state index contributed by atoms with van der Waals surface area (Å²) in [5.41, 5.74) is 1.16. The molecule has 0 saturated carbocycles. The summed E-state index contributed by atoms with van der Waals surface area (Å²) in [5.74, 6) is 0.239. The topological polar surface area (TPSA) is 28.7 Å². The number of pyridine rings is 1. The predicted molar refractivity (Wildman–Crippen MR) is 55.2 cm³/mol. The average molecular weight is 228 g/mol. The quantitative estimate of drug-likeness (QED) is 0.792. The van der Waals surface area contributed by atoms with Crippen LogP contribution in [0.3, 0.4) is 0 Å². The van der Waals surface area contributed by atoms with Gasteiger partial charge in [-0.25, -0.2) is 0 Å². The SMILES string of the molecule is CC(C)c1cc2ncc(C(F)(F)F)cc2[nH]1. The fraction of sp³-hybridized carbons (Fsp3) is 0.364. The lowest BCUT2D eigenvalue weighted by molar-refractivity contribution is -0.137. The van der Waals surface area contributed by atoms with Gasteiger partial charge in [0.15, 0.2) is 0 Å². The van der Waals surface area contributed by atoms with Crippen LogP contribution in [0.4, 0.5) is 13.2 Å². The molecule has 86 valence electrons. The molecule has 2 aromatic rings. The standard InChI is InChI=1S/C11H11F3N2/c1-6(2)8-4-9-10(16-8)3-7(5-15-9)11(12,13)14/h3-6,16H,1-2H3. The van der Waals surface area contributed by atoms with E-state index < -0.39 is 11.7 Å². The number of aromatic amines is 1. The number of hydrogen-bond donors (Lipinski definition) is 1. The highest BCUT2D eigenvalue weighted by molar-refractivity contribution is 5.76. The Bertz CT molecular complexity index is 511. The maximum Gasteiger partial charge on any atom is 0.417 e. The normalized spacial score (nSPS) is 12.6. The van der Waals surface area contributed by atoms with Crippen molar-refractivity contribution in [3.05, 3.63) is 29.6 Å². The van der Waals surface area contributed by atoms with Crippen molar-refractivity contribution in [3.8, 4) is 0 Å². The molecule has 0 fully saturated rings. The minimum Gasteiger partial charge on any atom is -0.357 e. The fourth-order valence-electron chi connectivity index (χ4n) is 1.50. The molecule has 1 N–H and O–H groups in total. The molecule has 0 aliphatic rings. The summed E-state index contributed by atoms with van der Waals surface area (Å²) in [6.45, 7) is 3.94. The Morgan fingerprint density at radius 1 is 1.25 bits per heavy atom. The van der Waals surface area contributed by atoms with Gasteiger partial charge >= 0.3 is 6.18 Å². The van der Waals surface area contributed by atoms with E-state index in [-0.39, 0.29) is 5.92 Å². The molecule has 0 amide bonds. The second kappa shape index (κ2) is 3.50. The molecule has 16 heavy (non-hydrogen) atoms. The van der Waals surface area contributed by atoms with Gasteiger partial charge in [-0.15, -0.1) is 0 Å². The summed E-state index contributed by atoms with van der Waals surface area (Å²) >= 11 is 0. The van der Waals surface area contributed by atoms with E-state index in [9.17, 15) is 13.2 Å². The van der Waals surface area contributed by atoms with Crippen LogP contribution in [-0.2, 0) is 6.18 Å². The molecule has 0 radical (unpaired) electrons. The van der Waals surface area contributed by atoms with E-state index in [1.807, 2.05) is 13.8 Å². The molecule has 0 spiro atoms. The molecule has 5 heteroatoms. The Kier molecular flexibility index (Phi) is 2.40. The number of aromatic nitrogens is 2. The molecule has 2 aromatic heterocycles. The van der Waals surface area contributed by atoms with Crippen molar-refractivity contribution in [2.24, 2.45) is 0 Å². The third kappa shape index (κ3) is 1.89. The highest BCUT2D eigenvalue weighted by atomic mass is 19.4. The minimum atomic E-state index is -4.34.